The molecule has 1 aliphatic rings. The van der Waals surface area contributed by atoms with Gasteiger partial charge in [-0.3, -0.25) is 0 Å². The molecule has 0 amide bonds. The monoisotopic (exact) mass is 421 g/mol. The van der Waals surface area contributed by atoms with Crippen LogP contribution in [0.3, 0.4) is 0 Å². The highest BCUT2D eigenvalue weighted by atomic mass is 32.2. The van der Waals surface area contributed by atoms with Gasteiger partial charge < -0.3 is 5.11 Å². The molecule has 1 aliphatic heterocycles. The topological polar surface area (TPSA) is 57.4 Å². The number of hydrogen-bond acceptors (Lipinski definition) is 3. The molecule has 1 aromatic carbocycles. The van der Waals surface area contributed by atoms with Gasteiger partial charge in [0.1, 0.15) is 14.2 Å². The Morgan fingerprint density at radius 1 is 1.00 bits per heavy atom. The number of aliphatic hydroxyl groups is 1. The Morgan fingerprint density at radius 2 is 1.46 bits per heavy atom. The van der Waals surface area contributed by atoms with E-state index in [1.807, 2.05) is 13.8 Å². The molecule has 0 aliphatic carbocycles. The summed E-state index contributed by atoms with van der Waals surface area (Å²) >= 11 is 0. The molecule has 0 radical (unpaired) electrons. The highest BCUT2D eigenvalue weighted by molar-refractivity contribution is 7.89. The largest absolute Gasteiger partial charge is 0.379 e. The van der Waals surface area contributed by atoms with Gasteiger partial charge in [0.25, 0.3) is 0 Å². The lowest BCUT2D eigenvalue weighted by Crippen LogP contribution is -2.43. The summed E-state index contributed by atoms with van der Waals surface area (Å²) in [4.78, 5) is 0.267. The third-order valence-corrected chi connectivity index (χ3v) is 14.6. The minimum absolute atomic E-state index is 0.246. The molecule has 4 atom stereocenters. The molecule has 6 heteroatoms. The maximum atomic E-state index is 12.9. The summed E-state index contributed by atoms with van der Waals surface area (Å²) in [5.41, 5.74) is 5.93. The Balaban J connectivity index is 2.28. The molecule has 1 N–H and O–H groups in total. The molecule has 1 aromatic rings. The zero-order valence-corrected chi connectivity index (χ0v) is 20.2. The van der Waals surface area contributed by atoms with Crippen molar-refractivity contribution in [1.29, 1.82) is 0 Å². The average Bonchev–Trinajstić information content (AvgIpc) is 3.27. The number of sulfonamides is 1. The van der Waals surface area contributed by atoms with Crippen LogP contribution in [0.5, 0.6) is 0 Å². The molecule has 28 heavy (non-hydrogen) atoms. The fraction of sp³-hybridized carbons (Fsp3) is 0.636. The first-order chi connectivity index (χ1) is 12.9. The summed E-state index contributed by atoms with van der Waals surface area (Å²) in [5.74, 6) is 3.08. The molecule has 1 saturated heterocycles. The molecule has 0 saturated carbocycles. The lowest BCUT2D eigenvalue weighted by Gasteiger charge is -2.38. The molecular weight excluding hydrogens is 386 g/mol. The zero-order valence-electron chi connectivity index (χ0n) is 18.4. The third kappa shape index (κ3) is 4.09. The van der Waals surface area contributed by atoms with Crippen LogP contribution in [0.25, 0.3) is 0 Å². The van der Waals surface area contributed by atoms with E-state index in [-0.39, 0.29) is 10.9 Å². The van der Waals surface area contributed by atoms with Crippen molar-refractivity contribution >= 4 is 18.1 Å². The van der Waals surface area contributed by atoms with Gasteiger partial charge in [0.15, 0.2) is 0 Å². The van der Waals surface area contributed by atoms with E-state index in [4.69, 9.17) is 0 Å². The van der Waals surface area contributed by atoms with E-state index in [9.17, 15) is 13.5 Å². The fourth-order valence-electron chi connectivity index (χ4n) is 4.68. The van der Waals surface area contributed by atoms with E-state index < -0.39 is 30.2 Å². The molecule has 156 valence electrons. The van der Waals surface area contributed by atoms with Gasteiger partial charge in [-0.2, -0.15) is 4.31 Å². The molecule has 2 rings (SSSR count). The lowest BCUT2D eigenvalue weighted by molar-refractivity contribution is 0.221. The van der Waals surface area contributed by atoms with E-state index in [2.05, 4.69) is 53.0 Å². The highest BCUT2D eigenvalue weighted by Gasteiger charge is 2.56. The van der Waals surface area contributed by atoms with E-state index in [1.54, 1.807) is 24.3 Å². The second-order valence-corrected chi connectivity index (χ2v) is 16.4. The van der Waals surface area contributed by atoms with E-state index in [0.29, 0.717) is 16.6 Å². The van der Waals surface area contributed by atoms with Crippen LogP contribution in [-0.4, -0.2) is 44.1 Å². The minimum Gasteiger partial charge on any atom is -0.379 e. The second kappa shape index (κ2) is 8.31. The molecule has 0 spiro atoms. The average molecular weight is 422 g/mol. The van der Waals surface area contributed by atoms with Crippen LogP contribution in [-0.2, 0) is 10.0 Å². The number of aryl methyl sites for hydroxylation is 1. The Morgan fingerprint density at radius 3 is 1.89 bits per heavy atom. The van der Waals surface area contributed by atoms with Crippen molar-refractivity contribution in [3.63, 3.8) is 0 Å². The van der Waals surface area contributed by atoms with Gasteiger partial charge in [-0.1, -0.05) is 65.2 Å². The smallest absolute Gasteiger partial charge is 0.243 e. The molecule has 1 heterocycles. The molecule has 4 nitrogen and oxygen atoms in total. The predicted octanol–water partition coefficient (Wildman–Crippen LogP) is 4.34. The first-order valence-corrected chi connectivity index (χ1v) is 13.9. The van der Waals surface area contributed by atoms with Crippen LogP contribution in [0.1, 0.15) is 54.0 Å². The quantitative estimate of drug-likeness (QED) is 0.422. The molecule has 0 bridgehead atoms. The fourth-order valence-corrected chi connectivity index (χ4v) is 11.8. The third-order valence-electron chi connectivity index (χ3n) is 6.32. The van der Waals surface area contributed by atoms with Gasteiger partial charge in [-0.25, -0.2) is 8.42 Å². The van der Waals surface area contributed by atoms with E-state index in [1.165, 1.54) is 4.31 Å². The Labute approximate surface area is 172 Å². The normalized spacial score (nSPS) is 23.6. The summed E-state index contributed by atoms with van der Waals surface area (Å²) in [6, 6.07) is 6.11. The number of nitrogens with zero attached hydrogens (tertiary/aromatic N) is 1. The van der Waals surface area contributed by atoms with Gasteiger partial charge in [0.2, 0.25) is 10.0 Å². The maximum Gasteiger partial charge on any atom is 0.243 e. The minimum atomic E-state index is -3.61. The summed E-state index contributed by atoms with van der Waals surface area (Å²) in [6.45, 7) is 17.1. The van der Waals surface area contributed by atoms with Gasteiger partial charge in [-0.05, 0) is 42.6 Å². The van der Waals surface area contributed by atoms with Gasteiger partial charge in [0, 0.05) is 6.04 Å². The van der Waals surface area contributed by atoms with E-state index >= 15 is 0 Å². The summed E-state index contributed by atoms with van der Waals surface area (Å²) in [7, 11) is -5.57. The van der Waals surface area contributed by atoms with Crippen LogP contribution in [0.4, 0.5) is 0 Å². The Kier molecular flexibility index (Phi) is 6.87. The van der Waals surface area contributed by atoms with Crippen molar-refractivity contribution in [3.05, 3.63) is 29.8 Å². The Bertz CT molecular complexity index is 828. The maximum absolute atomic E-state index is 12.9. The summed E-state index contributed by atoms with van der Waals surface area (Å²) in [5, 5.41) is 10.7. The van der Waals surface area contributed by atoms with Gasteiger partial charge in [0.05, 0.1) is 10.9 Å². The number of rotatable bonds is 6. The molecule has 1 unspecified atom stereocenters. The Hall–Kier alpha value is -1.13. The summed E-state index contributed by atoms with van der Waals surface area (Å²) in [6.07, 6.45) is -0.960. The SMILES string of the molecule is Cc1ccc(S(=O)(=O)N2[C@H]([C@@H](O)C#C[Si](C(C)C)(C(C)C)C(C)C)[C@@H]2C)cc1. The van der Waals surface area contributed by atoms with E-state index in [0.717, 1.165) is 5.56 Å². The second-order valence-electron chi connectivity index (χ2n) is 8.99. The van der Waals surface area contributed by atoms with Crippen LogP contribution < -0.4 is 0 Å². The number of hydrogen-bond donors (Lipinski definition) is 1. The van der Waals surface area contributed by atoms with Crippen LogP contribution >= 0.6 is 0 Å². The first-order valence-electron chi connectivity index (χ1n) is 10.2. The van der Waals surface area contributed by atoms with Gasteiger partial charge >= 0.3 is 0 Å². The predicted molar refractivity (Wildman–Crippen MR) is 118 cm³/mol. The molecular formula is C22H35NO3SSi. The van der Waals surface area contributed by atoms with Crippen LogP contribution in [0, 0.1) is 18.4 Å². The first kappa shape index (κ1) is 23.1. The van der Waals surface area contributed by atoms with Crippen molar-refractivity contribution in [3.8, 4) is 11.5 Å². The van der Waals surface area contributed by atoms with Crippen molar-refractivity contribution in [2.75, 3.05) is 0 Å². The summed E-state index contributed by atoms with van der Waals surface area (Å²) < 4.78 is 27.3. The van der Waals surface area contributed by atoms with Crippen LogP contribution in [0.2, 0.25) is 16.6 Å². The molecule has 0 aromatic heterocycles. The standard InChI is InChI=1S/C22H35NO3SSi/c1-15(2)28(16(3)4,17(5)6)14-13-21(24)22-19(8)23(22)27(25,26)20-11-9-18(7)10-12-20/h9-12,15-17,19,21-22,24H,1-8H3/t19-,21-,22-,23?/m0/s1. The lowest BCUT2D eigenvalue weighted by atomic mass is 10.2. The van der Waals surface area contributed by atoms with Crippen LogP contribution in [0.15, 0.2) is 29.2 Å². The van der Waals surface area contributed by atoms with Crippen molar-refractivity contribution in [1.82, 2.24) is 4.31 Å². The van der Waals surface area contributed by atoms with Crippen molar-refractivity contribution in [2.45, 2.75) is 95.1 Å². The van der Waals surface area contributed by atoms with Gasteiger partial charge in [-0.15, -0.1) is 5.54 Å². The van der Waals surface area contributed by atoms with Crippen molar-refractivity contribution in [2.24, 2.45) is 0 Å². The number of benzene rings is 1. The molecule has 1 fully saturated rings. The number of aliphatic hydroxyl groups excluding tert-OH is 1. The van der Waals surface area contributed by atoms with Crippen molar-refractivity contribution < 1.29 is 13.5 Å². The zero-order chi connectivity index (χ0) is 21.4. The highest BCUT2D eigenvalue weighted by Crippen LogP contribution is 2.41.